The summed E-state index contributed by atoms with van der Waals surface area (Å²) in [7, 11) is 0. The maximum absolute atomic E-state index is 4.24. The van der Waals surface area contributed by atoms with Crippen LogP contribution in [-0.2, 0) is 0 Å². The highest BCUT2D eigenvalue weighted by atomic mass is 15.0. The molecule has 0 unspecified atom stereocenters. The van der Waals surface area contributed by atoms with E-state index in [4.69, 9.17) is 0 Å². The number of hydrogen-bond acceptors (Lipinski definition) is 4. The summed E-state index contributed by atoms with van der Waals surface area (Å²) in [5.74, 6) is 1.38. The maximum atomic E-state index is 4.24. The SMILES string of the molecule is CC(C)c1cc(NCCNC2CC2)ncn1. The Morgan fingerprint density at radius 1 is 1.31 bits per heavy atom. The molecule has 1 aromatic heterocycles. The van der Waals surface area contributed by atoms with E-state index in [-0.39, 0.29) is 0 Å². The second-order valence-electron chi connectivity index (χ2n) is 4.64. The van der Waals surface area contributed by atoms with Crippen molar-refractivity contribution in [2.75, 3.05) is 18.4 Å². The highest BCUT2D eigenvalue weighted by Gasteiger charge is 2.19. The van der Waals surface area contributed by atoms with Crippen molar-refractivity contribution in [2.24, 2.45) is 0 Å². The largest absolute Gasteiger partial charge is 0.369 e. The van der Waals surface area contributed by atoms with Gasteiger partial charge in [0.25, 0.3) is 0 Å². The Bertz CT molecular complexity index is 334. The van der Waals surface area contributed by atoms with Crippen molar-refractivity contribution in [2.45, 2.75) is 38.6 Å². The lowest BCUT2D eigenvalue weighted by molar-refractivity contribution is 0.700. The molecule has 0 spiro atoms. The lowest BCUT2D eigenvalue weighted by Gasteiger charge is -2.08. The van der Waals surface area contributed by atoms with Gasteiger partial charge < -0.3 is 10.6 Å². The molecular weight excluding hydrogens is 200 g/mol. The smallest absolute Gasteiger partial charge is 0.129 e. The molecule has 1 saturated carbocycles. The van der Waals surface area contributed by atoms with Gasteiger partial charge in [0.1, 0.15) is 12.1 Å². The van der Waals surface area contributed by atoms with E-state index in [1.165, 1.54) is 12.8 Å². The summed E-state index contributed by atoms with van der Waals surface area (Å²) >= 11 is 0. The maximum Gasteiger partial charge on any atom is 0.129 e. The molecule has 2 N–H and O–H groups in total. The quantitative estimate of drug-likeness (QED) is 0.717. The monoisotopic (exact) mass is 220 g/mol. The van der Waals surface area contributed by atoms with Crippen molar-refractivity contribution in [3.8, 4) is 0 Å². The van der Waals surface area contributed by atoms with Crippen LogP contribution in [0.15, 0.2) is 12.4 Å². The van der Waals surface area contributed by atoms with Crippen molar-refractivity contribution in [1.82, 2.24) is 15.3 Å². The van der Waals surface area contributed by atoms with Crippen LogP contribution in [0.1, 0.15) is 38.3 Å². The summed E-state index contributed by atoms with van der Waals surface area (Å²) in [5.41, 5.74) is 1.09. The zero-order valence-corrected chi connectivity index (χ0v) is 10.0. The Hall–Kier alpha value is -1.16. The fraction of sp³-hybridized carbons (Fsp3) is 0.667. The van der Waals surface area contributed by atoms with E-state index >= 15 is 0 Å². The summed E-state index contributed by atoms with van der Waals surface area (Å²) in [6.07, 6.45) is 4.31. The molecule has 4 heteroatoms. The third kappa shape index (κ3) is 3.45. The van der Waals surface area contributed by atoms with Crippen molar-refractivity contribution in [3.05, 3.63) is 18.1 Å². The van der Waals surface area contributed by atoms with Crippen LogP contribution in [-0.4, -0.2) is 29.1 Å². The molecule has 2 rings (SSSR count). The van der Waals surface area contributed by atoms with E-state index in [9.17, 15) is 0 Å². The van der Waals surface area contributed by atoms with Crippen LogP contribution in [0.3, 0.4) is 0 Å². The lowest BCUT2D eigenvalue weighted by atomic mass is 10.1. The fourth-order valence-corrected chi connectivity index (χ4v) is 1.54. The number of nitrogens with one attached hydrogen (secondary N) is 2. The van der Waals surface area contributed by atoms with Gasteiger partial charge in [-0.2, -0.15) is 0 Å². The third-order valence-corrected chi connectivity index (χ3v) is 2.72. The first-order chi connectivity index (χ1) is 7.75. The van der Waals surface area contributed by atoms with Crippen LogP contribution in [0.4, 0.5) is 5.82 Å². The first-order valence-corrected chi connectivity index (χ1v) is 6.05. The van der Waals surface area contributed by atoms with Crippen LogP contribution in [0.25, 0.3) is 0 Å². The summed E-state index contributed by atoms with van der Waals surface area (Å²) in [5, 5.41) is 6.77. The minimum atomic E-state index is 0.452. The number of nitrogens with zero attached hydrogens (tertiary/aromatic N) is 2. The molecule has 1 heterocycles. The van der Waals surface area contributed by atoms with E-state index in [0.717, 1.165) is 30.6 Å². The van der Waals surface area contributed by atoms with Gasteiger partial charge in [0.2, 0.25) is 0 Å². The highest BCUT2D eigenvalue weighted by molar-refractivity contribution is 5.35. The molecule has 1 aromatic rings. The van der Waals surface area contributed by atoms with Crippen LogP contribution in [0, 0.1) is 0 Å². The third-order valence-electron chi connectivity index (χ3n) is 2.72. The molecule has 16 heavy (non-hydrogen) atoms. The van der Waals surface area contributed by atoms with Crippen molar-refractivity contribution < 1.29 is 0 Å². The van der Waals surface area contributed by atoms with Crippen molar-refractivity contribution in [3.63, 3.8) is 0 Å². The van der Waals surface area contributed by atoms with Gasteiger partial charge in [0.15, 0.2) is 0 Å². The van der Waals surface area contributed by atoms with Crippen LogP contribution < -0.4 is 10.6 Å². The average Bonchev–Trinajstić information content (AvgIpc) is 3.09. The van der Waals surface area contributed by atoms with Crippen LogP contribution in [0.2, 0.25) is 0 Å². The number of rotatable bonds is 6. The molecule has 0 aromatic carbocycles. The van der Waals surface area contributed by atoms with Gasteiger partial charge >= 0.3 is 0 Å². The Kier molecular flexibility index (Phi) is 3.72. The predicted octanol–water partition coefficient (Wildman–Crippen LogP) is 1.76. The molecule has 0 radical (unpaired) electrons. The minimum Gasteiger partial charge on any atom is -0.369 e. The van der Waals surface area contributed by atoms with Gasteiger partial charge in [0.05, 0.1) is 0 Å². The molecule has 0 bridgehead atoms. The zero-order chi connectivity index (χ0) is 11.4. The van der Waals surface area contributed by atoms with Crippen molar-refractivity contribution in [1.29, 1.82) is 0 Å². The normalized spacial score (nSPS) is 15.4. The van der Waals surface area contributed by atoms with Gasteiger partial charge in [-0.1, -0.05) is 13.8 Å². The molecule has 0 aliphatic heterocycles. The number of hydrogen-bond donors (Lipinski definition) is 2. The minimum absolute atomic E-state index is 0.452. The van der Waals surface area contributed by atoms with Crippen LogP contribution in [0.5, 0.6) is 0 Å². The summed E-state index contributed by atoms with van der Waals surface area (Å²) in [4.78, 5) is 8.44. The van der Waals surface area contributed by atoms with Gasteiger partial charge in [0, 0.05) is 30.9 Å². The molecule has 88 valence electrons. The Balaban J connectivity index is 1.76. The number of aromatic nitrogens is 2. The lowest BCUT2D eigenvalue weighted by Crippen LogP contribution is -2.24. The molecule has 0 saturated heterocycles. The second kappa shape index (κ2) is 5.25. The summed E-state index contributed by atoms with van der Waals surface area (Å²) < 4.78 is 0. The first-order valence-electron chi connectivity index (χ1n) is 6.05. The van der Waals surface area contributed by atoms with E-state index in [1.807, 2.05) is 6.07 Å². The van der Waals surface area contributed by atoms with Gasteiger partial charge in [-0.15, -0.1) is 0 Å². The van der Waals surface area contributed by atoms with E-state index < -0.39 is 0 Å². The van der Waals surface area contributed by atoms with Gasteiger partial charge in [-0.3, -0.25) is 0 Å². The van der Waals surface area contributed by atoms with Gasteiger partial charge in [-0.05, 0) is 18.8 Å². The standard InChI is InChI=1S/C12H20N4/c1-9(2)11-7-12(16-8-15-11)14-6-5-13-10-3-4-10/h7-10,13H,3-6H2,1-2H3,(H,14,15,16). The van der Waals surface area contributed by atoms with E-state index in [0.29, 0.717) is 5.92 Å². The first kappa shape index (κ1) is 11.3. The Morgan fingerprint density at radius 3 is 2.81 bits per heavy atom. The molecule has 0 atom stereocenters. The zero-order valence-electron chi connectivity index (χ0n) is 10.0. The summed E-state index contributed by atoms with van der Waals surface area (Å²) in [6, 6.07) is 2.81. The average molecular weight is 220 g/mol. The van der Waals surface area contributed by atoms with Crippen LogP contribution >= 0.6 is 0 Å². The topological polar surface area (TPSA) is 49.8 Å². The molecule has 1 aliphatic carbocycles. The van der Waals surface area contributed by atoms with Crippen molar-refractivity contribution >= 4 is 5.82 Å². The second-order valence-corrected chi connectivity index (χ2v) is 4.64. The molecule has 0 amide bonds. The van der Waals surface area contributed by atoms with Gasteiger partial charge in [-0.25, -0.2) is 9.97 Å². The highest BCUT2D eigenvalue weighted by Crippen LogP contribution is 2.18. The Labute approximate surface area is 96.9 Å². The molecular formula is C12H20N4. The predicted molar refractivity (Wildman–Crippen MR) is 65.6 cm³/mol. The number of anilines is 1. The fourth-order valence-electron chi connectivity index (χ4n) is 1.54. The summed E-state index contributed by atoms with van der Waals surface area (Å²) in [6.45, 7) is 6.21. The van der Waals surface area contributed by atoms with E-state index in [1.54, 1.807) is 6.33 Å². The molecule has 4 nitrogen and oxygen atoms in total. The van der Waals surface area contributed by atoms with E-state index in [2.05, 4.69) is 34.4 Å². The molecule has 1 fully saturated rings. The Morgan fingerprint density at radius 2 is 2.12 bits per heavy atom. The molecule has 1 aliphatic rings.